The summed E-state index contributed by atoms with van der Waals surface area (Å²) in [5.41, 5.74) is 1.00. The van der Waals surface area contributed by atoms with E-state index in [4.69, 9.17) is 9.47 Å². The molecular weight excluding hydrogens is 256 g/mol. The van der Waals surface area contributed by atoms with Gasteiger partial charge in [-0.15, -0.1) is 0 Å². The fraction of sp³-hybridized carbons (Fsp3) is 0.312. The number of cyclic esters (lactones) is 1. The monoisotopic (exact) mass is 274 g/mol. The fourth-order valence-electron chi connectivity index (χ4n) is 1.93. The Labute approximate surface area is 118 Å². The molecule has 0 spiro atoms. The first-order valence-electron chi connectivity index (χ1n) is 6.48. The molecule has 1 atom stereocenters. The standard InChI is InChI=1S/C16H18O4/c1-16(2)19-14(11-15(18)20-16)10-13(17)9-8-12-6-4-3-5-7-12/h3-9,11,13,17H,10H2,1-2H3/b9-8+/t13-/m0/s1. The molecule has 4 nitrogen and oxygen atoms in total. The number of carbonyl (C=O) groups excluding carboxylic acids is 1. The predicted molar refractivity (Wildman–Crippen MR) is 75.4 cm³/mol. The van der Waals surface area contributed by atoms with Gasteiger partial charge in [-0.05, 0) is 5.56 Å². The van der Waals surface area contributed by atoms with E-state index in [0.717, 1.165) is 5.56 Å². The summed E-state index contributed by atoms with van der Waals surface area (Å²) >= 11 is 0. The lowest BCUT2D eigenvalue weighted by Gasteiger charge is -2.31. The van der Waals surface area contributed by atoms with Gasteiger partial charge in [0.2, 0.25) is 5.79 Å². The van der Waals surface area contributed by atoms with Crippen LogP contribution in [0.5, 0.6) is 0 Å². The summed E-state index contributed by atoms with van der Waals surface area (Å²) in [6.07, 6.45) is 4.29. The summed E-state index contributed by atoms with van der Waals surface area (Å²) in [6.45, 7) is 3.31. The Balaban J connectivity index is 1.96. The molecule has 0 fully saturated rings. The molecule has 0 aromatic heterocycles. The normalized spacial score (nSPS) is 19.1. The van der Waals surface area contributed by atoms with Gasteiger partial charge < -0.3 is 14.6 Å². The summed E-state index contributed by atoms with van der Waals surface area (Å²) in [6, 6.07) is 9.68. The highest BCUT2D eigenvalue weighted by molar-refractivity contribution is 5.83. The Morgan fingerprint density at radius 2 is 1.95 bits per heavy atom. The van der Waals surface area contributed by atoms with Crippen molar-refractivity contribution in [3.05, 3.63) is 53.8 Å². The number of benzene rings is 1. The molecule has 20 heavy (non-hydrogen) atoms. The third-order valence-corrected chi connectivity index (χ3v) is 2.72. The van der Waals surface area contributed by atoms with E-state index < -0.39 is 17.9 Å². The smallest absolute Gasteiger partial charge is 0.337 e. The number of hydrogen-bond donors (Lipinski definition) is 1. The summed E-state index contributed by atoms with van der Waals surface area (Å²) in [4.78, 5) is 11.4. The van der Waals surface area contributed by atoms with Crippen LogP contribution in [0.25, 0.3) is 6.08 Å². The summed E-state index contributed by atoms with van der Waals surface area (Å²) in [5, 5.41) is 9.96. The van der Waals surface area contributed by atoms with Gasteiger partial charge in [0.05, 0.1) is 12.2 Å². The molecular formula is C16H18O4. The molecule has 0 saturated carbocycles. The van der Waals surface area contributed by atoms with Crippen LogP contribution in [-0.4, -0.2) is 23.0 Å². The molecule has 2 rings (SSSR count). The second-order valence-corrected chi connectivity index (χ2v) is 5.07. The molecule has 0 bridgehead atoms. The van der Waals surface area contributed by atoms with Crippen molar-refractivity contribution in [3.63, 3.8) is 0 Å². The number of esters is 1. The molecule has 0 amide bonds. The van der Waals surface area contributed by atoms with Gasteiger partial charge in [-0.1, -0.05) is 42.5 Å². The Hall–Kier alpha value is -2.07. The second-order valence-electron chi connectivity index (χ2n) is 5.07. The van der Waals surface area contributed by atoms with Crippen LogP contribution in [0, 0.1) is 0 Å². The van der Waals surface area contributed by atoms with Crippen molar-refractivity contribution < 1.29 is 19.4 Å². The van der Waals surface area contributed by atoms with E-state index in [9.17, 15) is 9.90 Å². The van der Waals surface area contributed by atoms with Crippen LogP contribution in [0.2, 0.25) is 0 Å². The van der Waals surface area contributed by atoms with Crippen molar-refractivity contribution in [2.75, 3.05) is 0 Å². The number of aliphatic hydroxyl groups is 1. The fourth-order valence-corrected chi connectivity index (χ4v) is 1.93. The molecule has 1 heterocycles. The van der Waals surface area contributed by atoms with Gasteiger partial charge in [-0.25, -0.2) is 4.79 Å². The van der Waals surface area contributed by atoms with Crippen LogP contribution in [0.15, 0.2) is 48.2 Å². The van der Waals surface area contributed by atoms with E-state index >= 15 is 0 Å². The number of aliphatic hydroxyl groups excluding tert-OH is 1. The van der Waals surface area contributed by atoms with Crippen LogP contribution < -0.4 is 0 Å². The predicted octanol–water partition coefficient (Wildman–Crippen LogP) is 2.64. The van der Waals surface area contributed by atoms with Gasteiger partial charge in [-0.2, -0.15) is 0 Å². The highest BCUT2D eigenvalue weighted by Crippen LogP contribution is 2.24. The first-order chi connectivity index (χ1) is 9.44. The Bertz CT molecular complexity index is 529. The molecule has 1 aliphatic rings. The molecule has 0 unspecified atom stereocenters. The first-order valence-corrected chi connectivity index (χ1v) is 6.48. The number of ether oxygens (including phenoxy) is 2. The average Bonchev–Trinajstić information content (AvgIpc) is 2.35. The molecule has 0 aliphatic carbocycles. The maximum absolute atomic E-state index is 11.4. The minimum Gasteiger partial charge on any atom is -0.457 e. The lowest BCUT2D eigenvalue weighted by atomic mass is 10.1. The van der Waals surface area contributed by atoms with Gasteiger partial charge in [0.25, 0.3) is 0 Å². The molecule has 0 saturated heterocycles. The van der Waals surface area contributed by atoms with E-state index in [1.165, 1.54) is 6.08 Å². The van der Waals surface area contributed by atoms with Crippen molar-refractivity contribution in [1.82, 2.24) is 0 Å². The lowest BCUT2D eigenvalue weighted by Crippen LogP contribution is -2.34. The van der Waals surface area contributed by atoms with Gasteiger partial charge >= 0.3 is 5.97 Å². The van der Waals surface area contributed by atoms with Crippen molar-refractivity contribution >= 4 is 12.0 Å². The zero-order valence-electron chi connectivity index (χ0n) is 11.6. The molecule has 106 valence electrons. The quantitative estimate of drug-likeness (QED) is 0.858. The minimum atomic E-state index is -0.982. The van der Waals surface area contributed by atoms with Crippen LogP contribution in [0.3, 0.4) is 0 Å². The van der Waals surface area contributed by atoms with Crippen molar-refractivity contribution in [2.45, 2.75) is 32.2 Å². The van der Waals surface area contributed by atoms with E-state index in [1.807, 2.05) is 36.4 Å². The molecule has 1 N–H and O–H groups in total. The van der Waals surface area contributed by atoms with Crippen molar-refractivity contribution in [1.29, 1.82) is 0 Å². The summed E-state index contributed by atoms with van der Waals surface area (Å²) < 4.78 is 10.5. The highest BCUT2D eigenvalue weighted by atomic mass is 16.7. The molecule has 1 aromatic rings. The van der Waals surface area contributed by atoms with Crippen LogP contribution >= 0.6 is 0 Å². The molecule has 1 aliphatic heterocycles. The third-order valence-electron chi connectivity index (χ3n) is 2.72. The van der Waals surface area contributed by atoms with Crippen molar-refractivity contribution in [3.8, 4) is 0 Å². The number of rotatable bonds is 4. The van der Waals surface area contributed by atoms with E-state index in [0.29, 0.717) is 5.76 Å². The number of hydrogen-bond acceptors (Lipinski definition) is 4. The topological polar surface area (TPSA) is 55.8 Å². The average molecular weight is 274 g/mol. The van der Waals surface area contributed by atoms with Crippen LogP contribution in [0.1, 0.15) is 25.8 Å². The van der Waals surface area contributed by atoms with Gasteiger partial charge in [0.1, 0.15) is 5.76 Å². The summed E-state index contributed by atoms with van der Waals surface area (Å²) in [5.74, 6) is -1.00. The Morgan fingerprint density at radius 1 is 1.25 bits per heavy atom. The Kier molecular flexibility index (Phi) is 4.25. The third kappa shape index (κ3) is 4.24. The largest absolute Gasteiger partial charge is 0.457 e. The summed E-state index contributed by atoms with van der Waals surface area (Å²) in [7, 11) is 0. The molecule has 4 heteroatoms. The van der Waals surface area contributed by atoms with Crippen molar-refractivity contribution in [2.24, 2.45) is 0 Å². The Morgan fingerprint density at radius 3 is 2.60 bits per heavy atom. The highest BCUT2D eigenvalue weighted by Gasteiger charge is 2.30. The second kappa shape index (κ2) is 5.92. The van der Waals surface area contributed by atoms with E-state index in [2.05, 4.69) is 0 Å². The van der Waals surface area contributed by atoms with Gasteiger partial charge in [-0.3, -0.25) is 0 Å². The maximum Gasteiger partial charge on any atom is 0.337 e. The number of carbonyl (C=O) groups is 1. The van der Waals surface area contributed by atoms with Crippen LogP contribution in [-0.2, 0) is 14.3 Å². The molecule has 0 radical (unpaired) electrons. The first kappa shape index (κ1) is 14.3. The SMILES string of the molecule is CC1(C)OC(=O)C=C(C[C@@H](O)/C=C/c2ccccc2)O1. The molecule has 1 aromatic carbocycles. The zero-order valence-corrected chi connectivity index (χ0v) is 11.6. The van der Waals surface area contributed by atoms with Gasteiger partial charge in [0, 0.05) is 20.3 Å². The van der Waals surface area contributed by atoms with E-state index in [1.54, 1.807) is 19.9 Å². The minimum absolute atomic E-state index is 0.238. The van der Waals surface area contributed by atoms with E-state index in [-0.39, 0.29) is 6.42 Å². The van der Waals surface area contributed by atoms with Crippen LogP contribution in [0.4, 0.5) is 0 Å². The van der Waals surface area contributed by atoms with Gasteiger partial charge in [0.15, 0.2) is 0 Å². The lowest BCUT2D eigenvalue weighted by molar-refractivity contribution is -0.206. The maximum atomic E-state index is 11.4. The zero-order chi connectivity index (χ0) is 14.6.